The van der Waals surface area contributed by atoms with Gasteiger partial charge < -0.3 is 5.11 Å². The highest BCUT2D eigenvalue weighted by Gasteiger charge is 2.44. The molecule has 0 aliphatic heterocycles. The van der Waals surface area contributed by atoms with Crippen molar-refractivity contribution in [2.24, 2.45) is 0 Å². The van der Waals surface area contributed by atoms with Crippen molar-refractivity contribution in [1.29, 1.82) is 0 Å². The van der Waals surface area contributed by atoms with Gasteiger partial charge in [0.05, 0.1) is 10.5 Å². The molecule has 1 saturated carbocycles. The number of hydrogen-bond acceptors (Lipinski definition) is 3. The van der Waals surface area contributed by atoms with Crippen LogP contribution < -0.4 is 4.72 Å². The first kappa shape index (κ1) is 17.6. The number of rotatable bonds is 6. The highest BCUT2D eigenvalue weighted by atomic mass is 79.9. The van der Waals surface area contributed by atoms with Crippen LogP contribution in [0.2, 0.25) is 0 Å². The highest BCUT2D eigenvalue weighted by Crippen LogP contribution is 2.36. The summed E-state index contributed by atoms with van der Waals surface area (Å²) < 4.78 is 27.6. The van der Waals surface area contributed by atoms with Crippen LogP contribution in [-0.4, -0.2) is 25.2 Å². The van der Waals surface area contributed by atoms with Gasteiger partial charge in [0, 0.05) is 17.8 Å². The van der Waals surface area contributed by atoms with Gasteiger partial charge in [-0.05, 0) is 36.1 Å². The fourth-order valence-corrected chi connectivity index (χ4v) is 4.80. The molecule has 2 N–H and O–H groups in total. The number of hydrogen-bond donors (Lipinski definition) is 2. The Bertz CT molecular complexity index is 802. The summed E-state index contributed by atoms with van der Waals surface area (Å²) in [5.74, 6) is 0. The topological polar surface area (TPSA) is 66.4 Å². The summed E-state index contributed by atoms with van der Waals surface area (Å²) in [7, 11) is -3.56. The van der Waals surface area contributed by atoms with Crippen LogP contribution in [0.25, 0.3) is 0 Å². The first-order valence-corrected chi connectivity index (χ1v) is 10.4. The molecule has 128 valence electrons. The number of alkyl halides is 1. The van der Waals surface area contributed by atoms with Crippen LogP contribution in [-0.2, 0) is 21.8 Å². The van der Waals surface area contributed by atoms with Gasteiger partial charge in [-0.3, -0.25) is 0 Å². The smallest absolute Gasteiger partial charge is 0.240 e. The molecule has 1 aliphatic carbocycles. The summed E-state index contributed by atoms with van der Waals surface area (Å²) in [6.45, 7) is 0. The van der Waals surface area contributed by atoms with Crippen molar-refractivity contribution < 1.29 is 13.5 Å². The molecule has 24 heavy (non-hydrogen) atoms. The van der Waals surface area contributed by atoms with Crippen LogP contribution in [0.5, 0.6) is 0 Å². The summed E-state index contributed by atoms with van der Waals surface area (Å²) in [6, 6.07) is 16.4. The summed E-state index contributed by atoms with van der Waals surface area (Å²) in [5.41, 5.74) is 1.14. The molecule has 0 aromatic heterocycles. The van der Waals surface area contributed by atoms with Gasteiger partial charge in [-0.25, -0.2) is 13.1 Å². The van der Waals surface area contributed by atoms with Crippen molar-refractivity contribution in [3.05, 3.63) is 65.7 Å². The average Bonchev–Trinajstić information content (AvgIpc) is 2.54. The summed E-state index contributed by atoms with van der Waals surface area (Å²) in [5, 5.41) is 11.2. The van der Waals surface area contributed by atoms with E-state index in [-0.39, 0.29) is 10.9 Å². The highest BCUT2D eigenvalue weighted by molar-refractivity contribution is 9.08. The monoisotopic (exact) mass is 409 g/mol. The van der Waals surface area contributed by atoms with E-state index in [1.807, 2.05) is 36.4 Å². The molecule has 2 aromatic rings. The zero-order valence-electron chi connectivity index (χ0n) is 13.2. The van der Waals surface area contributed by atoms with E-state index in [4.69, 9.17) is 0 Å². The predicted molar refractivity (Wildman–Crippen MR) is 97.5 cm³/mol. The molecule has 0 atom stereocenters. The van der Waals surface area contributed by atoms with Gasteiger partial charge in [0.1, 0.15) is 0 Å². The van der Waals surface area contributed by atoms with Crippen LogP contribution >= 0.6 is 15.9 Å². The Kier molecular flexibility index (Phi) is 5.11. The van der Waals surface area contributed by atoms with Crippen molar-refractivity contribution in [1.82, 2.24) is 4.72 Å². The Balaban J connectivity index is 1.62. The lowest BCUT2D eigenvalue weighted by atomic mass is 9.73. The molecular formula is C18H20BrNO3S. The Morgan fingerprint density at radius 2 is 1.75 bits per heavy atom. The second kappa shape index (κ2) is 6.96. The number of sulfonamides is 1. The van der Waals surface area contributed by atoms with Gasteiger partial charge in [0.25, 0.3) is 0 Å². The second-order valence-electron chi connectivity index (χ2n) is 6.39. The molecule has 0 saturated heterocycles. The van der Waals surface area contributed by atoms with E-state index in [0.29, 0.717) is 24.6 Å². The molecule has 1 aliphatic rings. The van der Waals surface area contributed by atoms with Crippen LogP contribution in [0, 0.1) is 0 Å². The third kappa shape index (κ3) is 4.06. The maximum absolute atomic E-state index is 12.5. The lowest BCUT2D eigenvalue weighted by molar-refractivity contribution is -0.0495. The minimum absolute atomic E-state index is 0.226. The van der Waals surface area contributed by atoms with Crippen LogP contribution in [0.4, 0.5) is 0 Å². The van der Waals surface area contributed by atoms with Gasteiger partial charge in [-0.2, -0.15) is 0 Å². The maximum Gasteiger partial charge on any atom is 0.240 e. The number of nitrogens with one attached hydrogen (secondary N) is 1. The Hall–Kier alpha value is -1.21. The maximum atomic E-state index is 12.5. The van der Waals surface area contributed by atoms with Crippen LogP contribution in [0.3, 0.4) is 0 Å². The molecule has 0 unspecified atom stereocenters. The normalized spacial score (nSPS) is 23.7. The van der Waals surface area contributed by atoms with Gasteiger partial charge in [-0.15, -0.1) is 0 Å². The third-order valence-corrected chi connectivity index (χ3v) is 6.48. The van der Waals surface area contributed by atoms with E-state index in [1.165, 1.54) is 0 Å². The Morgan fingerprint density at radius 1 is 1.08 bits per heavy atom. The summed E-state index contributed by atoms with van der Waals surface area (Å²) in [6.07, 6.45) is 1.41. The van der Waals surface area contributed by atoms with Crippen LogP contribution in [0.15, 0.2) is 59.5 Å². The Morgan fingerprint density at radius 3 is 2.42 bits per heavy atom. The minimum Gasteiger partial charge on any atom is -0.389 e. The largest absolute Gasteiger partial charge is 0.389 e. The molecule has 4 nitrogen and oxygen atoms in total. The predicted octanol–water partition coefficient (Wildman–Crippen LogP) is 3.00. The molecular weight excluding hydrogens is 390 g/mol. The van der Waals surface area contributed by atoms with Gasteiger partial charge in [0.2, 0.25) is 10.0 Å². The molecule has 6 heteroatoms. The van der Waals surface area contributed by atoms with E-state index in [1.54, 1.807) is 18.2 Å². The fraction of sp³-hybridized carbons (Fsp3) is 0.333. The molecule has 2 aromatic carbocycles. The lowest BCUT2D eigenvalue weighted by Gasteiger charge is -2.43. The lowest BCUT2D eigenvalue weighted by Crippen LogP contribution is -2.56. The summed E-state index contributed by atoms with van der Waals surface area (Å²) >= 11 is 3.33. The third-order valence-electron chi connectivity index (χ3n) is 4.31. The quantitative estimate of drug-likeness (QED) is 0.720. The molecule has 0 spiro atoms. The van der Waals surface area contributed by atoms with E-state index >= 15 is 0 Å². The molecule has 1 fully saturated rings. The van der Waals surface area contributed by atoms with Gasteiger partial charge in [0.15, 0.2) is 0 Å². The standard InChI is InChI=1S/C18H20BrNO3S/c19-13-15-7-4-8-17(9-15)24(22,23)20-16-11-18(21,12-16)10-14-5-2-1-3-6-14/h1-9,16,20-21H,10-13H2. The van der Waals surface area contributed by atoms with E-state index < -0.39 is 15.6 Å². The van der Waals surface area contributed by atoms with Crippen molar-refractivity contribution in [2.45, 2.75) is 41.1 Å². The SMILES string of the molecule is O=S(=O)(NC1CC(O)(Cc2ccccc2)C1)c1cccc(CBr)c1. The van der Waals surface area contributed by atoms with Crippen LogP contribution in [0.1, 0.15) is 24.0 Å². The molecule has 0 amide bonds. The van der Waals surface area contributed by atoms with E-state index in [2.05, 4.69) is 20.7 Å². The number of halogens is 1. The van der Waals surface area contributed by atoms with Gasteiger partial charge >= 0.3 is 0 Å². The zero-order valence-corrected chi connectivity index (χ0v) is 15.6. The molecule has 0 bridgehead atoms. The average molecular weight is 410 g/mol. The molecule has 0 heterocycles. The van der Waals surface area contributed by atoms with Gasteiger partial charge in [-0.1, -0.05) is 58.4 Å². The van der Waals surface area contributed by atoms with E-state index in [0.717, 1.165) is 11.1 Å². The molecule has 0 radical (unpaired) electrons. The number of aliphatic hydroxyl groups is 1. The van der Waals surface area contributed by atoms with Crippen molar-refractivity contribution >= 4 is 26.0 Å². The van der Waals surface area contributed by atoms with E-state index in [9.17, 15) is 13.5 Å². The zero-order chi connectivity index (χ0) is 17.2. The summed E-state index contributed by atoms with van der Waals surface area (Å²) in [4.78, 5) is 0.262. The van der Waals surface area contributed by atoms with Crippen molar-refractivity contribution in [2.75, 3.05) is 0 Å². The minimum atomic E-state index is -3.56. The van der Waals surface area contributed by atoms with Crippen molar-refractivity contribution in [3.8, 4) is 0 Å². The van der Waals surface area contributed by atoms with Crippen molar-refractivity contribution in [3.63, 3.8) is 0 Å². The second-order valence-corrected chi connectivity index (χ2v) is 8.67. The first-order chi connectivity index (χ1) is 11.4. The Labute approximate surface area is 151 Å². The molecule has 3 rings (SSSR count). The fourth-order valence-electron chi connectivity index (χ4n) is 3.14. The first-order valence-electron chi connectivity index (χ1n) is 7.84. The number of benzene rings is 2.